The van der Waals surface area contributed by atoms with Crippen LogP contribution in [0.25, 0.3) is 0 Å². The number of anilines is 1. The zero-order chi connectivity index (χ0) is 11.1. The molecule has 0 unspecified atom stereocenters. The summed E-state index contributed by atoms with van der Waals surface area (Å²) in [5.74, 6) is 0.556. The van der Waals surface area contributed by atoms with E-state index in [0.717, 1.165) is 18.7 Å². The predicted octanol–water partition coefficient (Wildman–Crippen LogP) is 0.723. The van der Waals surface area contributed by atoms with Crippen LogP contribution < -0.4 is 10.6 Å². The van der Waals surface area contributed by atoms with E-state index in [4.69, 9.17) is 0 Å². The Morgan fingerprint density at radius 1 is 1.47 bits per heavy atom. The van der Waals surface area contributed by atoms with Gasteiger partial charge in [-0.25, -0.2) is 9.97 Å². The minimum atomic E-state index is -0.0108. The van der Waals surface area contributed by atoms with Crippen molar-refractivity contribution in [3.05, 3.63) is 18.1 Å². The number of carbonyl (C=O) groups is 1. The minimum absolute atomic E-state index is 0.0108. The standard InChI is InChI=1S/C10H16N4O/c1-8-6-9(13-7-12-8)14-10(15)4-3-5-11-2/h6-7,11H,3-5H2,1-2H3,(H,12,13,14,15). The summed E-state index contributed by atoms with van der Waals surface area (Å²) in [5.41, 5.74) is 0.843. The molecule has 2 N–H and O–H groups in total. The second-order valence-electron chi connectivity index (χ2n) is 3.30. The van der Waals surface area contributed by atoms with Crippen LogP contribution in [0.15, 0.2) is 12.4 Å². The Bertz CT molecular complexity index is 327. The fourth-order valence-corrected chi connectivity index (χ4v) is 1.15. The molecule has 1 amide bonds. The van der Waals surface area contributed by atoms with Gasteiger partial charge in [0, 0.05) is 18.2 Å². The normalized spacial score (nSPS) is 10.0. The molecule has 0 aliphatic heterocycles. The van der Waals surface area contributed by atoms with Crippen molar-refractivity contribution in [2.75, 3.05) is 18.9 Å². The molecule has 1 aromatic rings. The second-order valence-corrected chi connectivity index (χ2v) is 3.30. The van der Waals surface area contributed by atoms with E-state index < -0.39 is 0 Å². The van der Waals surface area contributed by atoms with Gasteiger partial charge in [0.1, 0.15) is 12.1 Å². The largest absolute Gasteiger partial charge is 0.320 e. The number of rotatable bonds is 5. The highest BCUT2D eigenvalue weighted by Gasteiger charge is 2.02. The smallest absolute Gasteiger partial charge is 0.225 e. The molecule has 0 bridgehead atoms. The van der Waals surface area contributed by atoms with Crippen LogP contribution in [0.1, 0.15) is 18.5 Å². The van der Waals surface area contributed by atoms with Gasteiger partial charge >= 0.3 is 0 Å². The van der Waals surface area contributed by atoms with Gasteiger partial charge in [0.05, 0.1) is 0 Å². The molecule has 0 radical (unpaired) electrons. The topological polar surface area (TPSA) is 66.9 Å². The van der Waals surface area contributed by atoms with Gasteiger partial charge in [-0.1, -0.05) is 0 Å². The summed E-state index contributed by atoms with van der Waals surface area (Å²) in [6.07, 6.45) is 2.77. The van der Waals surface area contributed by atoms with Crippen LogP contribution >= 0.6 is 0 Å². The average molecular weight is 208 g/mol. The van der Waals surface area contributed by atoms with E-state index >= 15 is 0 Å². The highest BCUT2D eigenvalue weighted by atomic mass is 16.1. The number of hydrogen-bond acceptors (Lipinski definition) is 4. The molecule has 5 nitrogen and oxygen atoms in total. The lowest BCUT2D eigenvalue weighted by molar-refractivity contribution is -0.116. The quantitative estimate of drug-likeness (QED) is 0.700. The van der Waals surface area contributed by atoms with Crippen LogP contribution in [0.2, 0.25) is 0 Å². The SMILES string of the molecule is CNCCCC(=O)Nc1cc(C)ncn1. The molecule has 82 valence electrons. The summed E-state index contributed by atoms with van der Waals surface area (Å²) < 4.78 is 0. The Hall–Kier alpha value is -1.49. The Morgan fingerprint density at radius 3 is 2.93 bits per heavy atom. The molecule has 0 saturated heterocycles. The van der Waals surface area contributed by atoms with Crippen molar-refractivity contribution < 1.29 is 4.79 Å². The molecule has 0 atom stereocenters. The van der Waals surface area contributed by atoms with Crippen molar-refractivity contribution >= 4 is 11.7 Å². The molecule has 1 heterocycles. The van der Waals surface area contributed by atoms with Crippen LogP contribution in [0.3, 0.4) is 0 Å². The molecule has 0 aliphatic rings. The first-order chi connectivity index (χ1) is 7.22. The van der Waals surface area contributed by atoms with Crippen molar-refractivity contribution in [2.45, 2.75) is 19.8 Å². The van der Waals surface area contributed by atoms with E-state index in [1.807, 2.05) is 14.0 Å². The fourth-order valence-electron chi connectivity index (χ4n) is 1.15. The number of hydrogen-bond donors (Lipinski definition) is 2. The first-order valence-electron chi connectivity index (χ1n) is 4.95. The Kier molecular flexibility index (Phi) is 4.70. The van der Waals surface area contributed by atoms with Gasteiger partial charge in [-0.15, -0.1) is 0 Å². The van der Waals surface area contributed by atoms with Crippen LogP contribution in [0.5, 0.6) is 0 Å². The maximum atomic E-state index is 11.4. The third-order valence-electron chi connectivity index (χ3n) is 1.90. The summed E-state index contributed by atoms with van der Waals surface area (Å²) in [6, 6.07) is 1.75. The maximum absolute atomic E-state index is 11.4. The number of nitrogens with one attached hydrogen (secondary N) is 2. The van der Waals surface area contributed by atoms with Gasteiger partial charge in [0.2, 0.25) is 5.91 Å². The molecule has 1 rings (SSSR count). The van der Waals surface area contributed by atoms with E-state index in [0.29, 0.717) is 12.2 Å². The van der Waals surface area contributed by atoms with E-state index in [1.165, 1.54) is 6.33 Å². The number of nitrogens with zero attached hydrogens (tertiary/aromatic N) is 2. The summed E-state index contributed by atoms with van der Waals surface area (Å²) in [7, 11) is 1.87. The first-order valence-corrected chi connectivity index (χ1v) is 4.95. The Balaban J connectivity index is 2.37. The van der Waals surface area contributed by atoms with Crippen LogP contribution in [-0.4, -0.2) is 29.5 Å². The molecule has 0 aliphatic carbocycles. The van der Waals surface area contributed by atoms with E-state index in [9.17, 15) is 4.79 Å². The molecular weight excluding hydrogens is 192 g/mol. The first kappa shape index (κ1) is 11.6. The molecule has 5 heteroatoms. The summed E-state index contributed by atoms with van der Waals surface area (Å²) in [6.45, 7) is 2.70. The lowest BCUT2D eigenvalue weighted by Crippen LogP contribution is -2.16. The fraction of sp³-hybridized carbons (Fsp3) is 0.500. The van der Waals surface area contributed by atoms with Crippen molar-refractivity contribution in [3.63, 3.8) is 0 Å². The van der Waals surface area contributed by atoms with E-state index in [1.54, 1.807) is 6.07 Å². The van der Waals surface area contributed by atoms with Crippen molar-refractivity contribution in [1.82, 2.24) is 15.3 Å². The molecule has 1 aromatic heterocycles. The number of amides is 1. The summed E-state index contributed by atoms with van der Waals surface area (Å²) >= 11 is 0. The van der Waals surface area contributed by atoms with Gasteiger partial charge in [-0.2, -0.15) is 0 Å². The summed E-state index contributed by atoms with van der Waals surface area (Å²) in [4.78, 5) is 19.3. The molecule has 0 saturated carbocycles. The molecule has 0 aromatic carbocycles. The van der Waals surface area contributed by atoms with Gasteiger partial charge in [0.25, 0.3) is 0 Å². The zero-order valence-corrected chi connectivity index (χ0v) is 9.08. The van der Waals surface area contributed by atoms with Crippen molar-refractivity contribution in [2.24, 2.45) is 0 Å². The van der Waals surface area contributed by atoms with Crippen LogP contribution in [0.4, 0.5) is 5.82 Å². The Labute approximate surface area is 89.3 Å². The number of aryl methyl sites for hydroxylation is 1. The van der Waals surface area contributed by atoms with E-state index in [-0.39, 0.29) is 5.91 Å². The average Bonchev–Trinajstić information content (AvgIpc) is 2.18. The molecule has 15 heavy (non-hydrogen) atoms. The Morgan fingerprint density at radius 2 is 2.27 bits per heavy atom. The van der Waals surface area contributed by atoms with Gasteiger partial charge in [0.15, 0.2) is 0 Å². The number of carbonyl (C=O) groups excluding carboxylic acids is 1. The predicted molar refractivity (Wildman–Crippen MR) is 58.6 cm³/mol. The maximum Gasteiger partial charge on any atom is 0.225 e. The second kappa shape index (κ2) is 6.08. The highest BCUT2D eigenvalue weighted by Crippen LogP contribution is 2.03. The van der Waals surface area contributed by atoms with Gasteiger partial charge in [-0.3, -0.25) is 4.79 Å². The lowest BCUT2D eigenvalue weighted by Gasteiger charge is -2.04. The van der Waals surface area contributed by atoms with E-state index in [2.05, 4.69) is 20.6 Å². The summed E-state index contributed by atoms with van der Waals surface area (Å²) in [5, 5.41) is 5.71. The number of aromatic nitrogens is 2. The molecule has 0 fully saturated rings. The lowest BCUT2D eigenvalue weighted by atomic mass is 10.3. The van der Waals surface area contributed by atoms with Crippen LogP contribution in [0, 0.1) is 6.92 Å². The van der Waals surface area contributed by atoms with Crippen molar-refractivity contribution in [1.29, 1.82) is 0 Å². The van der Waals surface area contributed by atoms with Crippen molar-refractivity contribution in [3.8, 4) is 0 Å². The highest BCUT2D eigenvalue weighted by molar-refractivity contribution is 5.89. The molecule has 0 spiro atoms. The van der Waals surface area contributed by atoms with Gasteiger partial charge < -0.3 is 10.6 Å². The zero-order valence-electron chi connectivity index (χ0n) is 9.08. The third-order valence-corrected chi connectivity index (χ3v) is 1.90. The molecular formula is C10H16N4O. The van der Waals surface area contributed by atoms with Gasteiger partial charge in [-0.05, 0) is 26.9 Å². The minimum Gasteiger partial charge on any atom is -0.320 e. The van der Waals surface area contributed by atoms with Crippen LogP contribution in [-0.2, 0) is 4.79 Å². The monoisotopic (exact) mass is 208 g/mol. The third kappa shape index (κ3) is 4.51.